The maximum Gasteiger partial charge on any atom is 0.217 e. The Morgan fingerprint density at radius 1 is 1.52 bits per heavy atom. The number of carbonyl (C=O) groups is 2. The average Bonchev–Trinajstić information content (AvgIpc) is 2.88. The molecule has 1 amide bonds. The van der Waals surface area contributed by atoms with Gasteiger partial charge in [-0.05, 0) is 12.1 Å². The minimum atomic E-state index is -0.486. The largest absolute Gasteiger partial charge is 0.377 e. The lowest BCUT2D eigenvalue weighted by atomic mass is 10.2. The highest BCUT2D eigenvalue weighted by Gasteiger charge is 2.13. The monoisotopic (exact) mass is 306 g/mol. The number of hydrogen-bond donors (Lipinski definition) is 2. The van der Waals surface area contributed by atoms with Crippen LogP contribution in [0.5, 0.6) is 0 Å². The van der Waals surface area contributed by atoms with Crippen LogP contribution in [0.2, 0.25) is 0 Å². The number of aldehydes is 1. The number of H-pyrrole nitrogens is 1. The minimum Gasteiger partial charge on any atom is -0.377 e. The zero-order chi connectivity index (χ0) is 15.4. The molecule has 112 valence electrons. The van der Waals surface area contributed by atoms with Crippen LogP contribution >= 0.6 is 11.8 Å². The average molecular weight is 306 g/mol. The lowest BCUT2D eigenvalue weighted by molar-refractivity contribution is -0.121. The molecule has 0 spiro atoms. The summed E-state index contributed by atoms with van der Waals surface area (Å²) in [6, 6.07) is 3.58. The van der Waals surface area contributed by atoms with Crippen LogP contribution in [-0.4, -0.2) is 48.3 Å². The van der Waals surface area contributed by atoms with Gasteiger partial charge in [0.25, 0.3) is 0 Å². The Balaban J connectivity index is 2.21. The van der Waals surface area contributed by atoms with Gasteiger partial charge in [-0.3, -0.25) is 9.89 Å². The van der Waals surface area contributed by atoms with E-state index in [1.807, 2.05) is 25.1 Å². The van der Waals surface area contributed by atoms with Gasteiger partial charge in [0.15, 0.2) is 0 Å². The van der Waals surface area contributed by atoms with Crippen LogP contribution in [0.1, 0.15) is 6.92 Å². The number of carbonyl (C=O) groups excluding carboxylic acids is 2. The van der Waals surface area contributed by atoms with E-state index in [0.717, 1.165) is 27.8 Å². The molecule has 7 heteroatoms. The third-order valence-electron chi connectivity index (χ3n) is 2.97. The predicted octanol–water partition coefficient (Wildman–Crippen LogP) is 1.42. The summed E-state index contributed by atoms with van der Waals surface area (Å²) in [6.45, 7) is 1.41. The van der Waals surface area contributed by atoms with Gasteiger partial charge in [0.05, 0.1) is 23.4 Å². The number of amides is 1. The van der Waals surface area contributed by atoms with Crippen molar-refractivity contribution in [2.45, 2.75) is 17.9 Å². The highest BCUT2D eigenvalue weighted by atomic mass is 32.2. The second-order valence-corrected chi connectivity index (χ2v) is 5.99. The Morgan fingerprint density at radius 2 is 2.29 bits per heavy atom. The molecule has 1 atom stereocenters. The van der Waals surface area contributed by atoms with Gasteiger partial charge >= 0.3 is 0 Å². The van der Waals surface area contributed by atoms with E-state index in [-0.39, 0.29) is 5.91 Å². The Hall–Kier alpha value is -2.02. The lowest BCUT2D eigenvalue weighted by Gasteiger charge is -2.18. The van der Waals surface area contributed by atoms with E-state index in [1.165, 1.54) is 18.7 Å². The number of anilines is 1. The zero-order valence-corrected chi connectivity index (χ0v) is 13.0. The topological polar surface area (TPSA) is 78.1 Å². The van der Waals surface area contributed by atoms with Crippen LogP contribution in [0.25, 0.3) is 10.9 Å². The number of aromatic nitrogens is 2. The summed E-state index contributed by atoms with van der Waals surface area (Å²) < 4.78 is 0. The normalized spacial score (nSPS) is 12.1. The summed E-state index contributed by atoms with van der Waals surface area (Å²) in [6.07, 6.45) is 2.54. The Labute approximate surface area is 127 Å². The van der Waals surface area contributed by atoms with Crippen LogP contribution in [0, 0.1) is 0 Å². The molecule has 0 saturated carbocycles. The molecule has 0 aliphatic heterocycles. The summed E-state index contributed by atoms with van der Waals surface area (Å²) in [5.41, 5.74) is 2.01. The quantitative estimate of drug-likeness (QED) is 0.623. The highest BCUT2D eigenvalue weighted by Crippen LogP contribution is 2.33. The number of fused-ring (bicyclic) bond motifs is 1. The van der Waals surface area contributed by atoms with E-state index in [9.17, 15) is 9.59 Å². The van der Waals surface area contributed by atoms with Crippen molar-refractivity contribution in [3.05, 3.63) is 18.3 Å². The molecule has 2 rings (SSSR count). The number of nitrogens with one attached hydrogen (secondary N) is 2. The molecule has 0 aliphatic carbocycles. The summed E-state index contributed by atoms with van der Waals surface area (Å²) in [7, 11) is 3.94. The van der Waals surface area contributed by atoms with Gasteiger partial charge < -0.3 is 15.0 Å². The Morgan fingerprint density at radius 3 is 2.90 bits per heavy atom. The van der Waals surface area contributed by atoms with Crippen molar-refractivity contribution in [1.82, 2.24) is 15.5 Å². The van der Waals surface area contributed by atoms with Gasteiger partial charge in [-0.2, -0.15) is 5.10 Å². The summed E-state index contributed by atoms with van der Waals surface area (Å²) >= 11 is 1.53. The third kappa shape index (κ3) is 3.75. The van der Waals surface area contributed by atoms with Gasteiger partial charge in [-0.15, -0.1) is 11.8 Å². The SMILES string of the molecule is CC(=O)N[C@H](C=O)CSc1cc2[nH]ncc2cc1N(C)C. The zero-order valence-electron chi connectivity index (χ0n) is 12.2. The first-order valence-corrected chi connectivity index (χ1v) is 7.49. The molecule has 1 heterocycles. The molecule has 1 aromatic carbocycles. The Kier molecular flexibility index (Phi) is 4.85. The highest BCUT2D eigenvalue weighted by molar-refractivity contribution is 7.99. The van der Waals surface area contributed by atoms with Crippen molar-refractivity contribution in [3.8, 4) is 0 Å². The molecule has 1 aromatic heterocycles. The summed E-state index contributed by atoms with van der Waals surface area (Å²) in [5, 5.41) is 10.6. The molecule has 0 unspecified atom stereocenters. The molecular formula is C14H18N4O2S. The van der Waals surface area contributed by atoms with E-state index in [1.54, 1.807) is 6.20 Å². The molecule has 0 fully saturated rings. The standard InChI is InChI=1S/C14H18N4O2S/c1-9(20)16-11(7-19)8-21-14-5-12-10(6-15-17-12)4-13(14)18(2)3/h4-7,11H,8H2,1-3H3,(H,15,17)(H,16,20)/t11-/m1/s1. The van der Waals surface area contributed by atoms with E-state index < -0.39 is 6.04 Å². The van der Waals surface area contributed by atoms with Crippen LogP contribution in [0.15, 0.2) is 23.2 Å². The van der Waals surface area contributed by atoms with Crippen LogP contribution in [-0.2, 0) is 9.59 Å². The fraction of sp³-hybridized carbons (Fsp3) is 0.357. The van der Waals surface area contributed by atoms with E-state index >= 15 is 0 Å². The van der Waals surface area contributed by atoms with Gasteiger partial charge in [0.1, 0.15) is 6.29 Å². The van der Waals surface area contributed by atoms with Gasteiger partial charge in [-0.1, -0.05) is 0 Å². The molecule has 6 nitrogen and oxygen atoms in total. The predicted molar refractivity (Wildman–Crippen MR) is 84.8 cm³/mol. The van der Waals surface area contributed by atoms with Crippen LogP contribution in [0.3, 0.4) is 0 Å². The number of aromatic amines is 1. The molecule has 2 aromatic rings. The second kappa shape index (κ2) is 6.62. The van der Waals surface area contributed by atoms with Crippen molar-refractivity contribution < 1.29 is 9.59 Å². The third-order valence-corrected chi connectivity index (χ3v) is 4.14. The number of hydrogen-bond acceptors (Lipinski definition) is 5. The van der Waals surface area contributed by atoms with E-state index in [2.05, 4.69) is 21.6 Å². The molecule has 2 N–H and O–H groups in total. The molecule has 0 radical (unpaired) electrons. The molecule has 0 bridgehead atoms. The molecular weight excluding hydrogens is 288 g/mol. The Bertz CT molecular complexity index is 653. The minimum absolute atomic E-state index is 0.204. The molecule has 21 heavy (non-hydrogen) atoms. The van der Waals surface area contributed by atoms with Crippen molar-refractivity contribution >= 4 is 40.5 Å². The fourth-order valence-corrected chi connectivity index (χ4v) is 3.09. The van der Waals surface area contributed by atoms with Crippen LogP contribution < -0.4 is 10.2 Å². The van der Waals surface area contributed by atoms with Crippen molar-refractivity contribution in [2.75, 3.05) is 24.7 Å². The fourth-order valence-electron chi connectivity index (χ4n) is 1.98. The molecule has 0 saturated heterocycles. The van der Waals surface area contributed by atoms with Crippen LogP contribution in [0.4, 0.5) is 5.69 Å². The summed E-state index contributed by atoms with van der Waals surface area (Å²) in [4.78, 5) is 25.1. The number of rotatable bonds is 6. The van der Waals surface area contributed by atoms with E-state index in [0.29, 0.717) is 5.75 Å². The first-order valence-electron chi connectivity index (χ1n) is 6.51. The van der Waals surface area contributed by atoms with Crippen molar-refractivity contribution in [2.24, 2.45) is 0 Å². The number of benzene rings is 1. The smallest absolute Gasteiger partial charge is 0.217 e. The van der Waals surface area contributed by atoms with Gasteiger partial charge in [0.2, 0.25) is 5.91 Å². The summed E-state index contributed by atoms with van der Waals surface area (Å²) in [5.74, 6) is 0.286. The maximum absolute atomic E-state index is 11.0. The maximum atomic E-state index is 11.0. The van der Waals surface area contributed by atoms with Crippen molar-refractivity contribution in [1.29, 1.82) is 0 Å². The van der Waals surface area contributed by atoms with Gasteiger partial charge in [-0.25, -0.2) is 0 Å². The first kappa shape index (κ1) is 15.4. The van der Waals surface area contributed by atoms with Gasteiger partial charge in [0, 0.05) is 37.1 Å². The van der Waals surface area contributed by atoms with Crippen molar-refractivity contribution in [3.63, 3.8) is 0 Å². The first-order chi connectivity index (χ1) is 10.0. The number of thioether (sulfide) groups is 1. The number of nitrogens with zero attached hydrogens (tertiary/aromatic N) is 2. The lowest BCUT2D eigenvalue weighted by Crippen LogP contribution is -2.36. The molecule has 0 aliphatic rings. The van der Waals surface area contributed by atoms with E-state index in [4.69, 9.17) is 0 Å². The second-order valence-electron chi connectivity index (χ2n) is 4.93.